The van der Waals surface area contributed by atoms with Gasteiger partial charge >= 0.3 is 0 Å². The first-order valence-electron chi connectivity index (χ1n) is 7.91. The fourth-order valence-electron chi connectivity index (χ4n) is 2.94. The molecule has 0 bridgehead atoms. The van der Waals surface area contributed by atoms with Crippen LogP contribution in [0.1, 0.15) is 5.56 Å². The van der Waals surface area contributed by atoms with Crippen molar-refractivity contribution in [2.45, 2.75) is 6.54 Å². The molecule has 0 aliphatic carbocycles. The number of benzene rings is 2. The molecule has 5 rings (SSSR count). The van der Waals surface area contributed by atoms with Gasteiger partial charge in [-0.15, -0.1) is 5.10 Å². The van der Waals surface area contributed by atoms with E-state index in [0.717, 1.165) is 16.7 Å². The lowest BCUT2D eigenvalue weighted by Crippen LogP contribution is -2.03. The van der Waals surface area contributed by atoms with Gasteiger partial charge in [-0.05, 0) is 17.7 Å². The van der Waals surface area contributed by atoms with E-state index in [1.165, 1.54) is 11.9 Å². The molecule has 0 N–H and O–H groups in total. The topological polar surface area (TPSA) is 74.3 Å². The Balaban J connectivity index is 1.66. The highest BCUT2D eigenvalue weighted by Crippen LogP contribution is 2.20. The molecule has 2 aromatic carbocycles. The molecule has 25 heavy (non-hydrogen) atoms. The van der Waals surface area contributed by atoms with Gasteiger partial charge in [0.2, 0.25) is 0 Å². The third-order valence-electron chi connectivity index (χ3n) is 4.13. The number of imidazole rings is 1. The van der Waals surface area contributed by atoms with Crippen LogP contribution in [0.4, 0.5) is 0 Å². The van der Waals surface area contributed by atoms with Gasteiger partial charge in [-0.1, -0.05) is 47.7 Å². The standard InChI is InChI=1S/C18H13N7/c1-2-6-13(7-3-1)10-24-12-21-16-17(24)19-11-20-18(16)25-15-9-5-4-8-14(15)22-23-25/h1-9,11-12H,10H2. The third-order valence-corrected chi connectivity index (χ3v) is 4.13. The molecule has 0 radical (unpaired) electrons. The maximum atomic E-state index is 4.53. The van der Waals surface area contributed by atoms with E-state index in [9.17, 15) is 0 Å². The Morgan fingerprint density at radius 3 is 2.60 bits per heavy atom. The SMILES string of the molecule is c1ccc(Cn2cnc3c(-n4nnc5ccccc54)ncnc32)cc1. The van der Waals surface area contributed by atoms with E-state index in [-0.39, 0.29) is 0 Å². The number of para-hydroxylation sites is 1. The van der Waals surface area contributed by atoms with Crippen molar-refractivity contribution in [2.75, 3.05) is 0 Å². The highest BCUT2D eigenvalue weighted by molar-refractivity contribution is 5.82. The second kappa shape index (κ2) is 5.48. The first kappa shape index (κ1) is 13.8. The van der Waals surface area contributed by atoms with Crippen molar-refractivity contribution >= 4 is 22.2 Å². The number of aromatic nitrogens is 7. The molecule has 0 fully saturated rings. The van der Waals surface area contributed by atoms with E-state index in [1.54, 1.807) is 11.0 Å². The zero-order valence-corrected chi connectivity index (χ0v) is 13.2. The first-order valence-corrected chi connectivity index (χ1v) is 7.91. The molecule has 0 saturated carbocycles. The summed E-state index contributed by atoms with van der Waals surface area (Å²) >= 11 is 0. The minimum atomic E-state index is 0.630. The summed E-state index contributed by atoms with van der Waals surface area (Å²) in [5, 5.41) is 8.43. The van der Waals surface area contributed by atoms with Crippen molar-refractivity contribution in [1.29, 1.82) is 0 Å². The Kier molecular flexibility index (Phi) is 3.03. The summed E-state index contributed by atoms with van der Waals surface area (Å²) in [4.78, 5) is 13.3. The second-order valence-corrected chi connectivity index (χ2v) is 5.72. The fourth-order valence-corrected chi connectivity index (χ4v) is 2.94. The minimum Gasteiger partial charge on any atom is -0.311 e. The molecule has 0 amide bonds. The van der Waals surface area contributed by atoms with Crippen molar-refractivity contribution in [1.82, 2.24) is 34.5 Å². The van der Waals surface area contributed by atoms with Crippen LogP contribution in [0.2, 0.25) is 0 Å². The van der Waals surface area contributed by atoms with Crippen LogP contribution in [-0.4, -0.2) is 34.5 Å². The zero-order chi connectivity index (χ0) is 16.6. The van der Waals surface area contributed by atoms with Crippen LogP contribution < -0.4 is 0 Å². The van der Waals surface area contributed by atoms with Crippen LogP contribution in [0.3, 0.4) is 0 Å². The number of hydrogen-bond donors (Lipinski definition) is 0. The summed E-state index contributed by atoms with van der Waals surface area (Å²) in [6.45, 7) is 0.700. The highest BCUT2D eigenvalue weighted by Gasteiger charge is 2.15. The predicted molar refractivity (Wildman–Crippen MR) is 93.3 cm³/mol. The third kappa shape index (κ3) is 2.25. The van der Waals surface area contributed by atoms with Crippen LogP contribution in [0.5, 0.6) is 0 Å². The fraction of sp³-hybridized carbons (Fsp3) is 0.0556. The molecule has 7 nitrogen and oxygen atoms in total. The first-order chi connectivity index (χ1) is 12.4. The minimum absolute atomic E-state index is 0.630. The molecule has 0 aliphatic rings. The van der Waals surface area contributed by atoms with E-state index in [0.29, 0.717) is 17.9 Å². The van der Waals surface area contributed by atoms with Crippen LogP contribution in [-0.2, 0) is 6.54 Å². The number of rotatable bonds is 3. The van der Waals surface area contributed by atoms with Crippen molar-refractivity contribution in [3.63, 3.8) is 0 Å². The van der Waals surface area contributed by atoms with E-state index < -0.39 is 0 Å². The second-order valence-electron chi connectivity index (χ2n) is 5.72. The Morgan fingerprint density at radius 1 is 0.840 bits per heavy atom. The van der Waals surface area contributed by atoms with Crippen molar-refractivity contribution in [3.8, 4) is 5.82 Å². The smallest absolute Gasteiger partial charge is 0.187 e. The maximum Gasteiger partial charge on any atom is 0.187 e. The van der Waals surface area contributed by atoms with Gasteiger partial charge in [-0.3, -0.25) is 0 Å². The van der Waals surface area contributed by atoms with Gasteiger partial charge in [-0.2, -0.15) is 4.68 Å². The van der Waals surface area contributed by atoms with E-state index in [2.05, 4.69) is 37.4 Å². The molecule has 7 heteroatoms. The Labute approximate surface area is 142 Å². The van der Waals surface area contributed by atoms with Crippen molar-refractivity contribution < 1.29 is 0 Å². The van der Waals surface area contributed by atoms with Crippen LogP contribution >= 0.6 is 0 Å². The van der Waals surface area contributed by atoms with Crippen LogP contribution in [0.25, 0.3) is 28.0 Å². The van der Waals surface area contributed by atoms with E-state index >= 15 is 0 Å². The molecule has 0 saturated heterocycles. The Morgan fingerprint density at radius 2 is 1.68 bits per heavy atom. The average molecular weight is 327 g/mol. The summed E-state index contributed by atoms with van der Waals surface area (Å²) in [5.74, 6) is 0.630. The lowest BCUT2D eigenvalue weighted by molar-refractivity contribution is 0.797. The highest BCUT2D eigenvalue weighted by atomic mass is 15.4. The Hall–Kier alpha value is -3.61. The molecule has 0 aliphatic heterocycles. The van der Waals surface area contributed by atoms with Crippen molar-refractivity contribution in [3.05, 3.63) is 72.8 Å². The normalized spacial score (nSPS) is 11.4. The van der Waals surface area contributed by atoms with Gasteiger partial charge in [-0.25, -0.2) is 15.0 Å². The molecular weight excluding hydrogens is 314 g/mol. The quantitative estimate of drug-likeness (QED) is 0.509. The molecule has 5 aromatic rings. The molecule has 120 valence electrons. The number of fused-ring (bicyclic) bond motifs is 2. The van der Waals surface area contributed by atoms with Gasteiger partial charge in [0.1, 0.15) is 11.8 Å². The predicted octanol–water partition coefficient (Wildman–Crippen LogP) is 2.61. The van der Waals surface area contributed by atoms with E-state index in [1.807, 2.05) is 47.0 Å². The molecule has 0 atom stereocenters. The summed E-state index contributed by atoms with van der Waals surface area (Å²) in [6, 6.07) is 18.0. The zero-order valence-electron chi connectivity index (χ0n) is 13.2. The number of nitrogens with zero attached hydrogens (tertiary/aromatic N) is 7. The summed E-state index contributed by atoms with van der Waals surface area (Å²) in [6.07, 6.45) is 3.33. The summed E-state index contributed by atoms with van der Waals surface area (Å²) in [7, 11) is 0. The molecule has 0 spiro atoms. The monoisotopic (exact) mass is 327 g/mol. The van der Waals surface area contributed by atoms with Gasteiger partial charge in [0, 0.05) is 0 Å². The van der Waals surface area contributed by atoms with Gasteiger partial charge in [0.05, 0.1) is 18.4 Å². The largest absolute Gasteiger partial charge is 0.311 e. The maximum absolute atomic E-state index is 4.53. The molecular formula is C18H13N7. The van der Waals surface area contributed by atoms with Crippen molar-refractivity contribution in [2.24, 2.45) is 0 Å². The van der Waals surface area contributed by atoms with Crippen LogP contribution in [0, 0.1) is 0 Å². The van der Waals surface area contributed by atoms with Crippen LogP contribution in [0.15, 0.2) is 67.3 Å². The average Bonchev–Trinajstić information content (AvgIpc) is 3.27. The summed E-state index contributed by atoms with van der Waals surface area (Å²) in [5.41, 5.74) is 4.37. The Bertz CT molecular complexity index is 1170. The van der Waals surface area contributed by atoms with Gasteiger partial charge < -0.3 is 4.57 Å². The lowest BCUT2D eigenvalue weighted by atomic mass is 10.2. The number of hydrogen-bond acceptors (Lipinski definition) is 5. The lowest BCUT2D eigenvalue weighted by Gasteiger charge is -2.05. The molecule has 0 unspecified atom stereocenters. The van der Waals surface area contributed by atoms with E-state index in [4.69, 9.17) is 0 Å². The van der Waals surface area contributed by atoms with Gasteiger partial charge in [0.25, 0.3) is 0 Å². The molecule has 3 heterocycles. The summed E-state index contributed by atoms with van der Waals surface area (Å²) < 4.78 is 3.72. The van der Waals surface area contributed by atoms with Gasteiger partial charge in [0.15, 0.2) is 17.0 Å². The molecule has 3 aromatic heterocycles.